The van der Waals surface area contributed by atoms with Gasteiger partial charge < -0.3 is 10.2 Å². The average Bonchev–Trinajstić information content (AvgIpc) is 3.48. The molecule has 0 bridgehead atoms. The van der Waals surface area contributed by atoms with Crippen LogP contribution in [0.3, 0.4) is 0 Å². The van der Waals surface area contributed by atoms with Gasteiger partial charge in [-0.3, -0.25) is 9.59 Å². The van der Waals surface area contributed by atoms with Crippen molar-refractivity contribution < 1.29 is 18.0 Å². The summed E-state index contributed by atoms with van der Waals surface area (Å²) in [6, 6.07) is 17.7. The van der Waals surface area contributed by atoms with Crippen molar-refractivity contribution in [2.75, 3.05) is 18.4 Å². The molecular formula is C30H35N3O4S. The van der Waals surface area contributed by atoms with E-state index in [2.05, 4.69) is 10.0 Å². The van der Waals surface area contributed by atoms with Gasteiger partial charge in [0.2, 0.25) is 15.9 Å². The van der Waals surface area contributed by atoms with Crippen molar-refractivity contribution in [1.29, 1.82) is 0 Å². The summed E-state index contributed by atoms with van der Waals surface area (Å²) in [5.41, 5.74) is 2.12. The summed E-state index contributed by atoms with van der Waals surface area (Å²) >= 11 is 0. The van der Waals surface area contributed by atoms with E-state index in [9.17, 15) is 18.0 Å². The lowest BCUT2D eigenvalue weighted by atomic mass is 10.0. The standard InChI is InChI=1S/C30H35N3O4S/c1-2-21-9-5-6-12-24(21)29(34)31-27-15-16-28(26-14-8-7-13-25(26)27)38(36,37)32-23-17-19-33(20-18-23)30(35)22-10-3-4-11-22/h5-9,12-16,22-23,32H,2-4,10-11,17-20H2,1H3,(H,31,34). The lowest BCUT2D eigenvalue weighted by molar-refractivity contribution is -0.136. The maximum atomic E-state index is 13.5. The molecule has 7 nitrogen and oxygen atoms in total. The molecule has 2 fully saturated rings. The Hall–Kier alpha value is -3.23. The van der Waals surface area contributed by atoms with Crippen molar-refractivity contribution in [2.24, 2.45) is 5.92 Å². The summed E-state index contributed by atoms with van der Waals surface area (Å²) in [6.45, 7) is 3.16. The highest BCUT2D eigenvalue weighted by Gasteiger charge is 2.32. The number of benzene rings is 3. The number of hydrogen-bond donors (Lipinski definition) is 2. The first kappa shape index (κ1) is 26.4. The Morgan fingerprint density at radius 2 is 1.53 bits per heavy atom. The number of rotatable bonds is 7. The maximum absolute atomic E-state index is 13.5. The number of carbonyl (C=O) groups excluding carboxylic acids is 2. The number of amides is 2. The van der Waals surface area contributed by atoms with Gasteiger partial charge in [-0.25, -0.2) is 13.1 Å². The van der Waals surface area contributed by atoms with Gasteiger partial charge in [0.15, 0.2) is 0 Å². The van der Waals surface area contributed by atoms with Crippen molar-refractivity contribution in [3.8, 4) is 0 Å². The summed E-state index contributed by atoms with van der Waals surface area (Å²) in [4.78, 5) is 27.9. The fraction of sp³-hybridized carbons (Fsp3) is 0.400. The van der Waals surface area contributed by atoms with Crippen molar-refractivity contribution in [2.45, 2.75) is 62.8 Å². The number of sulfonamides is 1. The summed E-state index contributed by atoms with van der Waals surface area (Å²) in [6.07, 6.45) is 6.12. The molecule has 5 rings (SSSR count). The minimum Gasteiger partial charge on any atom is -0.342 e. The summed E-state index contributed by atoms with van der Waals surface area (Å²) in [5.74, 6) is 0.151. The van der Waals surface area contributed by atoms with Gasteiger partial charge in [-0.1, -0.05) is 62.2 Å². The molecule has 38 heavy (non-hydrogen) atoms. The Kier molecular flexibility index (Phi) is 7.81. The molecule has 0 unspecified atom stereocenters. The highest BCUT2D eigenvalue weighted by molar-refractivity contribution is 7.89. The monoisotopic (exact) mass is 533 g/mol. The van der Waals surface area contributed by atoms with E-state index < -0.39 is 10.0 Å². The normalized spacial score (nSPS) is 17.1. The van der Waals surface area contributed by atoms with E-state index >= 15 is 0 Å². The lowest BCUT2D eigenvalue weighted by Crippen LogP contribution is -2.47. The molecule has 8 heteroatoms. The Labute approximate surface area is 224 Å². The Bertz CT molecular complexity index is 1440. The van der Waals surface area contributed by atoms with Crippen molar-refractivity contribution >= 4 is 38.3 Å². The van der Waals surface area contributed by atoms with Gasteiger partial charge in [-0.15, -0.1) is 0 Å². The predicted molar refractivity (Wildman–Crippen MR) is 150 cm³/mol. The average molecular weight is 534 g/mol. The highest BCUT2D eigenvalue weighted by atomic mass is 32.2. The molecule has 0 aromatic heterocycles. The molecule has 1 aliphatic heterocycles. The zero-order chi connectivity index (χ0) is 26.7. The zero-order valence-corrected chi connectivity index (χ0v) is 22.6. The van der Waals surface area contributed by atoms with E-state index in [0.29, 0.717) is 48.0 Å². The van der Waals surface area contributed by atoms with Crippen LogP contribution in [0.25, 0.3) is 10.8 Å². The van der Waals surface area contributed by atoms with Crippen molar-refractivity contribution in [3.63, 3.8) is 0 Å². The molecule has 0 spiro atoms. The summed E-state index contributed by atoms with van der Waals surface area (Å²) < 4.78 is 29.9. The van der Waals surface area contributed by atoms with Gasteiger partial charge in [0.05, 0.1) is 4.90 Å². The van der Waals surface area contributed by atoms with Crippen LogP contribution < -0.4 is 10.0 Å². The third-order valence-electron chi connectivity index (χ3n) is 7.90. The molecule has 200 valence electrons. The van der Waals surface area contributed by atoms with Crippen molar-refractivity contribution in [3.05, 3.63) is 71.8 Å². The van der Waals surface area contributed by atoms with Crippen LogP contribution in [-0.2, 0) is 21.2 Å². The molecule has 3 aromatic carbocycles. The van der Waals surface area contributed by atoms with Crippen LogP contribution in [0, 0.1) is 5.92 Å². The van der Waals surface area contributed by atoms with Crippen LogP contribution in [0.15, 0.2) is 65.6 Å². The number of carbonyl (C=O) groups is 2. The molecule has 2 N–H and O–H groups in total. The summed E-state index contributed by atoms with van der Waals surface area (Å²) in [7, 11) is -3.81. The first-order chi connectivity index (χ1) is 18.4. The van der Waals surface area contributed by atoms with Crippen LogP contribution in [0.5, 0.6) is 0 Å². The van der Waals surface area contributed by atoms with Gasteiger partial charge in [0, 0.05) is 47.1 Å². The second kappa shape index (κ2) is 11.3. The molecule has 1 saturated carbocycles. The summed E-state index contributed by atoms with van der Waals surface area (Å²) in [5, 5.41) is 4.20. The van der Waals surface area contributed by atoms with E-state index in [4.69, 9.17) is 0 Å². The zero-order valence-electron chi connectivity index (χ0n) is 21.8. The molecule has 2 amide bonds. The van der Waals surface area contributed by atoms with Crippen molar-refractivity contribution in [1.82, 2.24) is 9.62 Å². The van der Waals surface area contributed by atoms with Crippen LogP contribution in [0.1, 0.15) is 61.4 Å². The van der Waals surface area contributed by atoms with Crippen LogP contribution in [0.4, 0.5) is 5.69 Å². The highest BCUT2D eigenvalue weighted by Crippen LogP contribution is 2.31. The fourth-order valence-electron chi connectivity index (χ4n) is 5.79. The lowest BCUT2D eigenvalue weighted by Gasteiger charge is -2.33. The van der Waals surface area contributed by atoms with Gasteiger partial charge in [0.1, 0.15) is 0 Å². The largest absolute Gasteiger partial charge is 0.342 e. The van der Waals surface area contributed by atoms with Gasteiger partial charge >= 0.3 is 0 Å². The first-order valence-corrected chi connectivity index (χ1v) is 15.1. The number of fused-ring (bicyclic) bond motifs is 1. The van der Waals surface area contributed by atoms with Gasteiger partial charge in [-0.2, -0.15) is 0 Å². The molecule has 1 aliphatic carbocycles. The number of likely N-dealkylation sites (tertiary alicyclic amines) is 1. The Morgan fingerprint density at radius 1 is 0.868 bits per heavy atom. The second-order valence-corrected chi connectivity index (χ2v) is 12.0. The molecule has 1 heterocycles. The minimum atomic E-state index is -3.81. The second-order valence-electron chi connectivity index (χ2n) is 10.3. The molecule has 1 saturated heterocycles. The SMILES string of the molecule is CCc1ccccc1C(=O)Nc1ccc(S(=O)(=O)NC2CCN(C(=O)C3CCCC3)CC2)c2ccccc12. The minimum absolute atomic E-state index is 0.143. The number of piperidine rings is 1. The number of nitrogens with one attached hydrogen (secondary N) is 2. The Balaban J connectivity index is 1.32. The third kappa shape index (κ3) is 5.47. The molecule has 0 radical (unpaired) electrons. The first-order valence-electron chi connectivity index (χ1n) is 13.6. The van der Waals surface area contributed by atoms with E-state index in [-0.39, 0.29) is 28.7 Å². The molecule has 0 atom stereocenters. The van der Waals surface area contributed by atoms with E-state index in [1.54, 1.807) is 30.3 Å². The van der Waals surface area contributed by atoms with Gasteiger partial charge in [0.25, 0.3) is 5.91 Å². The van der Waals surface area contributed by atoms with Crippen LogP contribution >= 0.6 is 0 Å². The quantitative estimate of drug-likeness (QED) is 0.441. The van der Waals surface area contributed by atoms with Crippen LogP contribution in [0.2, 0.25) is 0 Å². The van der Waals surface area contributed by atoms with E-state index in [1.165, 1.54) is 0 Å². The predicted octanol–water partition coefficient (Wildman–Crippen LogP) is 5.11. The number of anilines is 1. The number of nitrogens with zero attached hydrogens (tertiary/aromatic N) is 1. The topological polar surface area (TPSA) is 95.6 Å². The van der Waals surface area contributed by atoms with Gasteiger partial charge in [-0.05, 0) is 55.9 Å². The smallest absolute Gasteiger partial charge is 0.255 e. The van der Waals surface area contributed by atoms with E-state index in [1.807, 2.05) is 42.2 Å². The number of hydrogen-bond acceptors (Lipinski definition) is 4. The Morgan fingerprint density at radius 3 is 2.24 bits per heavy atom. The molecular weight excluding hydrogens is 498 g/mol. The third-order valence-corrected chi connectivity index (χ3v) is 9.48. The molecule has 3 aromatic rings. The van der Waals surface area contributed by atoms with E-state index in [0.717, 1.165) is 37.7 Å². The maximum Gasteiger partial charge on any atom is 0.255 e. The number of aryl methyl sites for hydroxylation is 1. The molecule has 2 aliphatic rings. The van der Waals surface area contributed by atoms with Crippen LogP contribution in [-0.4, -0.2) is 44.3 Å². The fourth-order valence-corrected chi connectivity index (χ4v) is 7.30.